The average molecular weight is 348 g/mol. The highest BCUT2D eigenvalue weighted by atomic mass is 16.5. The van der Waals surface area contributed by atoms with Crippen LogP contribution in [0.2, 0.25) is 0 Å². The maximum Gasteiger partial charge on any atom is 0.321 e. The molecule has 2 amide bonds. The number of ketones is 1. The van der Waals surface area contributed by atoms with Crippen molar-refractivity contribution in [3.05, 3.63) is 83.6 Å². The van der Waals surface area contributed by atoms with E-state index in [1.807, 2.05) is 54.6 Å². The summed E-state index contributed by atoms with van der Waals surface area (Å²) in [5, 5.41) is 2.87. The summed E-state index contributed by atoms with van der Waals surface area (Å²) in [6.07, 6.45) is 4.87. The predicted molar refractivity (Wildman–Crippen MR) is 101 cm³/mol. The number of benzene rings is 2. The quantitative estimate of drug-likeness (QED) is 0.841. The summed E-state index contributed by atoms with van der Waals surface area (Å²) in [6.45, 7) is 0. The first kappa shape index (κ1) is 17.5. The van der Waals surface area contributed by atoms with E-state index in [0.29, 0.717) is 5.57 Å². The number of rotatable bonds is 5. The molecule has 0 unspecified atom stereocenters. The summed E-state index contributed by atoms with van der Waals surface area (Å²) in [6, 6.07) is 16.2. The molecule has 132 valence electrons. The van der Waals surface area contributed by atoms with Crippen molar-refractivity contribution in [3.63, 3.8) is 0 Å². The summed E-state index contributed by atoms with van der Waals surface area (Å²) in [5.74, 6) is 0.610. The number of nitrogens with one attached hydrogen (secondary N) is 1. The number of ether oxygens (including phenoxy) is 1. The predicted octanol–water partition coefficient (Wildman–Crippen LogP) is 3.56. The lowest BCUT2D eigenvalue weighted by molar-refractivity contribution is -0.111. The molecule has 0 spiro atoms. The van der Waals surface area contributed by atoms with Crippen molar-refractivity contribution in [2.24, 2.45) is 0 Å². The summed E-state index contributed by atoms with van der Waals surface area (Å²) in [7, 11) is 3.23. The van der Waals surface area contributed by atoms with Crippen molar-refractivity contribution < 1.29 is 14.3 Å². The number of allylic oxidation sites excluding steroid dienone is 1. The van der Waals surface area contributed by atoms with Crippen LogP contribution in [0.1, 0.15) is 17.2 Å². The Balaban J connectivity index is 1.85. The summed E-state index contributed by atoms with van der Waals surface area (Å²) < 4.78 is 5.13. The minimum Gasteiger partial charge on any atom is -0.497 e. The molecule has 5 heteroatoms. The monoisotopic (exact) mass is 348 g/mol. The van der Waals surface area contributed by atoms with E-state index in [9.17, 15) is 9.59 Å². The van der Waals surface area contributed by atoms with Crippen LogP contribution < -0.4 is 10.1 Å². The second-order valence-electron chi connectivity index (χ2n) is 5.96. The van der Waals surface area contributed by atoms with Gasteiger partial charge in [-0.25, -0.2) is 4.79 Å². The number of urea groups is 1. The zero-order valence-electron chi connectivity index (χ0n) is 14.7. The summed E-state index contributed by atoms with van der Waals surface area (Å²) in [4.78, 5) is 26.2. The van der Waals surface area contributed by atoms with Gasteiger partial charge in [-0.3, -0.25) is 4.79 Å². The Bertz CT molecular complexity index is 855. The Morgan fingerprint density at radius 1 is 1.12 bits per heavy atom. The molecule has 2 aromatic rings. The number of hydrogen-bond acceptors (Lipinski definition) is 3. The molecule has 0 radical (unpaired) electrons. The molecular formula is C21H20N2O3. The topological polar surface area (TPSA) is 58.6 Å². The molecule has 2 aromatic carbocycles. The van der Waals surface area contributed by atoms with Gasteiger partial charge in [0.05, 0.1) is 13.2 Å². The molecule has 0 aliphatic carbocycles. The van der Waals surface area contributed by atoms with E-state index in [1.165, 1.54) is 11.0 Å². The Hall–Kier alpha value is -3.34. The van der Waals surface area contributed by atoms with Crippen molar-refractivity contribution in [1.82, 2.24) is 10.2 Å². The van der Waals surface area contributed by atoms with Gasteiger partial charge < -0.3 is 15.0 Å². The van der Waals surface area contributed by atoms with Gasteiger partial charge in [-0.1, -0.05) is 48.5 Å². The molecule has 0 saturated heterocycles. The van der Waals surface area contributed by atoms with Gasteiger partial charge in [-0.2, -0.15) is 0 Å². The van der Waals surface area contributed by atoms with Crippen LogP contribution in [-0.4, -0.2) is 30.9 Å². The summed E-state index contributed by atoms with van der Waals surface area (Å²) in [5.41, 5.74) is 2.28. The molecule has 0 fully saturated rings. The first-order valence-electron chi connectivity index (χ1n) is 8.25. The lowest BCUT2D eigenvalue weighted by Gasteiger charge is -2.29. The zero-order chi connectivity index (χ0) is 18.5. The lowest BCUT2D eigenvalue weighted by Crippen LogP contribution is -2.43. The molecule has 1 N–H and O–H groups in total. The van der Waals surface area contributed by atoms with Crippen molar-refractivity contribution in [2.75, 3.05) is 14.2 Å². The van der Waals surface area contributed by atoms with Gasteiger partial charge >= 0.3 is 6.03 Å². The molecule has 1 heterocycles. The third kappa shape index (κ3) is 3.83. The van der Waals surface area contributed by atoms with Gasteiger partial charge in [0.15, 0.2) is 5.78 Å². The number of methoxy groups -OCH3 is 1. The van der Waals surface area contributed by atoms with Crippen LogP contribution in [0.5, 0.6) is 5.75 Å². The zero-order valence-corrected chi connectivity index (χ0v) is 14.7. The standard InChI is InChI=1S/C21H20N2O3/c1-23-14-18(20(22-21(23)25)16-6-4-3-5-7-16)19(24)13-10-15-8-11-17(26-2)12-9-15/h3-14,20H,1-2H3,(H,22,25)/b13-10+/t20-/m1/s1. The smallest absolute Gasteiger partial charge is 0.321 e. The van der Waals surface area contributed by atoms with Crippen LogP contribution in [0.25, 0.3) is 6.08 Å². The molecule has 0 bridgehead atoms. The fraction of sp³-hybridized carbons (Fsp3) is 0.143. The number of nitrogens with zero attached hydrogens (tertiary/aromatic N) is 1. The molecule has 5 nitrogen and oxygen atoms in total. The Labute approximate surface area is 152 Å². The van der Waals surface area contributed by atoms with Gasteiger partial charge in [-0.05, 0) is 29.3 Å². The van der Waals surface area contributed by atoms with Crippen LogP contribution in [0.4, 0.5) is 4.79 Å². The van der Waals surface area contributed by atoms with E-state index in [-0.39, 0.29) is 11.8 Å². The maximum absolute atomic E-state index is 12.8. The maximum atomic E-state index is 12.8. The number of carbonyl (C=O) groups excluding carboxylic acids is 2. The molecule has 1 atom stereocenters. The molecule has 26 heavy (non-hydrogen) atoms. The molecule has 0 aromatic heterocycles. The Kier molecular flexibility index (Phi) is 5.17. The van der Waals surface area contributed by atoms with E-state index >= 15 is 0 Å². The SMILES string of the molecule is COc1ccc(/C=C/C(=O)C2=CN(C)C(=O)N[C@@H]2c2ccccc2)cc1. The molecule has 3 rings (SSSR count). The van der Waals surface area contributed by atoms with E-state index in [4.69, 9.17) is 4.74 Å². The molecule has 1 aliphatic rings. The van der Waals surface area contributed by atoms with Crippen LogP contribution in [0, 0.1) is 0 Å². The first-order valence-corrected chi connectivity index (χ1v) is 8.25. The van der Waals surface area contributed by atoms with Crippen molar-refractivity contribution in [1.29, 1.82) is 0 Å². The Morgan fingerprint density at radius 3 is 2.46 bits per heavy atom. The number of amides is 2. The van der Waals surface area contributed by atoms with Gasteiger partial charge in [0.1, 0.15) is 5.75 Å². The minimum atomic E-state index is -0.465. The fourth-order valence-corrected chi connectivity index (χ4v) is 2.74. The van der Waals surface area contributed by atoms with Crippen LogP contribution >= 0.6 is 0 Å². The van der Waals surface area contributed by atoms with Crippen molar-refractivity contribution in [3.8, 4) is 5.75 Å². The normalized spacial score (nSPS) is 17.0. The minimum absolute atomic E-state index is 0.151. The molecule has 1 aliphatic heterocycles. The largest absolute Gasteiger partial charge is 0.497 e. The third-order valence-corrected chi connectivity index (χ3v) is 4.19. The van der Waals surface area contributed by atoms with E-state index in [1.54, 1.807) is 26.4 Å². The van der Waals surface area contributed by atoms with Gasteiger partial charge in [-0.15, -0.1) is 0 Å². The third-order valence-electron chi connectivity index (χ3n) is 4.19. The van der Waals surface area contributed by atoms with Crippen molar-refractivity contribution >= 4 is 17.9 Å². The molecular weight excluding hydrogens is 328 g/mol. The van der Waals surface area contributed by atoms with E-state index in [0.717, 1.165) is 16.9 Å². The highest BCUT2D eigenvalue weighted by Gasteiger charge is 2.29. The van der Waals surface area contributed by atoms with E-state index in [2.05, 4.69) is 5.32 Å². The van der Waals surface area contributed by atoms with Crippen LogP contribution in [0.3, 0.4) is 0 Å². The van der Waals surface area contributed by atoms with Crippen LogP contribution in [0.15, 0.2) is 72.4 Å². The second-order valence-corrected chi connectivity index (χ2v) is 5.96. The fourth-order valence-electron chi connectivity index (χ4n) is 2.74. The van der Waals surface area contributed by atoms with Gasteiger partial charge in [0.2, 0.25) is 0 Å². The van der Waals surface area contributed by atoms with Crippen molar-refractivity contribution in [2.45, 2.75) is 6.04 Å². The van der Waals surface area contributed by atoms with Gasteiger partial charge in [0.25, 0.3) is 0 Å². The van der Waals surface area contributed by atoms with Gasteiger partial charge in [0, 0.05) is 18.8 Å². The van der Waals surface area contributed by atoms with Crippen LogP contribution in [-0.2, 0) is 4.79 Å². The first-order chi connectivity index (χ1) is 12.6. The number of hydrogen-bond donors (Lipinski definition) is 1. The van der Waals surface area contributed by atoms with E-state index < -0.39 is 6.04 Å². The molecule has 0 saturated carbocycles. The Morgan fingerprint density at radius 2 is 1.81 bits per heavy atom. The highest BCUT2D eigenvalue weighted by Crippen LogP contribution is 2.26. The number of carbonyl (C=O) groups is 2. The average Bonchev–Trinajstić information content (AvgIpc) is 2.69. The highest BCUT2D eigenvalue weighted by molar-refractivity contribution is 6.08. The second kappa shape index (κ2) is 7.70. The summed E-state index contributed by atoms with van der Waals surface area (Å²) >= 11 is 0. The lowest BCUT2D eigenvalue weighted by atomic mass is 9.94.